The Hall–Kier alpha value is -0.930. The van der Waals surface area contributed by atoms with Crippen LogP contribution >= 0.6 is 11.8 Å². The van der Waals surface area contributed by atoms with E-state index in [0.29, 0.717) is 6.04 Å². The Balaban J connectivity index is 2.36. The van der Waals surface area contributed by atoms with Gasteiger partial charge >= 0.3 is 0 Å². The normalized spacial score (nSPS) is 13.1. The number of aryl methyl sites for hydroxylation is 1. The molecule has 1 unspecified atom stereocenters. The lowest BCUT2D eigenvalue weighted by atomic mass is 10.1. The first kappa shape index (κ1) is 12.5. The highest BCUT2D eigenvalue weighted by atomic mass is 32.2. The largest absolute Gasteiger partial charge is 0.459 e. The van der Waals surface area contributed by atoms with Crippen LogP contribution in [0.15, 0.2) is 28.7 Å². The van der Waals surface area contributed by atoms with E-state index in [0.717, 1.165) is 23.6 Å². The molecule has 0 saturated carbocycles. The minimum Gasteiger partial charge on any atom is -0.459 e. The van der Waals surface area contributed by atoms with E-state index >= 15 is 0 Å². The molecular weight excluding hydrogens is 230 g/mol. The van der Waals surface area contributed by atoms with Crippen LogP contribution in [0.4, 0.5) is 0 Å². The predicted octanol–water partition coefficient (Wildman–Crippen LogP) is 3.75. The van der Waals surface area contributed by atoms with Crippen molar-refractivity contribution in [3.05, 3.63) is 35.6 Å². The average molecular weight is 249 g/mol. The van der Waals surface area contributed by atoms with E-state index in [9.17, 15) is 0 Å². The molecule has 0 saturated heterocycles. The summed E-state index contributed by atoms with van der Waals surface area (Å²) in [6, 6.07) is 8.74. The van der Waals surface area contributed by atoms with Crippen molar-refractivity contribution < 1.29 is 4.42 Å². The van der Waals surface area contributed by atoms with Gasteiger partial charge in [0.2, 0.25) is 0 Å². The quantitative estimate of drug-likeness (QED) is 0.873. The van der Waals surface area contributed by atoms with Gasteiger partial charge in [-0.2, -0.15) is 11.8 Å². The summed E-state index contributed by atoms with van der Waals surface area (Å²) in [4.78, 5) is 0. The van der Waals surface area contributed by atoms with Gasteiger partial charge in [0.25, 0.3) is 0 Å². The molecule has 1 heterocycles. The highest BCUT2D eigenvalue weighted by Crippen LogP contribution is 2.27. The lowest BCUT2D eigenvalue weighted by Crippen LogP contribution is -2.22. The van der Waals surface area contributed by atoms with E-state index in [1.807, 2.05) is 11.8 Å². The number of para-hydroxylation sites is 1. The zero-order valence-electron chi connectivity index (χ0n) is 10.6. The van der Waals surface area contributed by atoms with Gasteiger partial charge in [-0.3, -0.25) is 0 Å². The first-order valence-corrected chi connectivity index (χ1v) is 7.37. The van der Waals surface area contributed by atoms with Crippen LogP contribution in [-0.2, 0) is 0 Å². The van der Waals surface area contributed by atoms with Crippen LogP contribution < -0.4 is 5.32 Å². The van der Waals surface area contributed by atoms with Crippen molar-refractivity contribution in [3.63, 3.8) is 0 Å². The fourth-order valence-corrected chi connectivity index (χ4v) is 2.67. The summed E-state index contributed by atoms with van der Waals surface area (Å²) in [5, 5.41) is 4.66. The van der Waals surface area contributed by atoms with Gasteiger partial charge in [0, 0.05) is 11.1 Å². The molecular formula is C14H19NOS. The van der Waals surface area contributed by atoms with Gasteiger partial charge in [0.05, 0.1) is 6.04 Å². The second-order valence-corrected chi connectivity index (χ2v) is 5.12. The average Bonchev–Trinajstić information content (AvgIpc) is 2.74. The molecule has 0 amide bonds. The summed E-state index contributed by atoms with van der Waals surface area (Å²) in [5.41, 5.74) is 2.22. The third-order valence-corrected chi connectivity index (χ3v) is 3.55. The van der Waals surface area contributed by atoms with E-state index in [2.05, 4.69) is 49.7 Å². The highest BCUT2D eigenvalue weighted by molar-refractivity contribution is 7.98. The number of rotatable bonds is 5. The maximum Gasteiger partial charge on any atom is 0.137 e. The molecule has 0 aliphatic heterocycles. The summed E-state index contributed by atoms with van der Waals surface area (Å²) >= 11 is 1.84. The van der Waals surface area contributed by atoms with E-state index < -0.39 is 0 Å². The van der Waals surface area contributed by atoms with E-state index in [4.69, 9.17) is 4.42 Å². The fourth-order valence-electron chi connectivity index (χ4n) is 2.06. The van der Waals surface area contributed by atoms with E-state index in [1.54, 1.807) is 0 Å². The third kappa shape index (κ3) is 2.67. The van der Waals surface area contributed by atoms with Crippen LogP contribution in [0, 0.1) is 6.92 Å². The molecule has 0 bridgehead atoms. The summed E-state index contributed by atoms with van der Waals surface area (Å²) in [6.07, 6.45) is 2.12. The molecule has 17 heavy (non-hydrogen) atoms. The zero-order chi connectivity index (χ0) is 12.3. The number of furan rings is 1. The van der Waals surface area contributed by atoms with E-state index in [1.165, 1.54) is 10.9 Å². The lowest BCUT2D eigenvalue weighted by molar-refractivity contribution is 0.463. The maximum absolute atomic E-state index is 5.99. The minimum absolute atomic E-state index is 0.307. The number of hydrogen-bond acceptors (Lipinski definition) is 3. The van der Waals surface area contributed by atoms with Gasteiger partial charge in [-0.1, -0.05) is 25.1 Å². The Kier molecular flexibility index (Phi) is 4.13. The summed E-state index contributed by atoms with van der Waals surface area (Å²) in [5.74, 6) is 2.08. The predicted molar refractivity (Wildman–Crippen MR) is 75.8 cm³/mol. The Morgan fingerprint density at radius 2 is 2.24 bits per heavy atom. The fraction of sp³-hybridized carbons (Fsp3) is 0.429. The molecule has 3 heteroatoms. The van der Waals surface area contributed by atoms with Crippen molar-refractivity contribution >= 4 is 22.7 Å². The monoisotopic (exact) mass is 249 g/mol. The van der Waals surface area contributed by atoms with Gasteiger partial charge in [-0.05, 0) is 31.4 Å². The first-order chi connectivity index (χ1) is 8.26. The molecule has 0 aliphatic rings. The molecule has 92 valence electrons. The van der Waals surface area contributed by atoms with Crippen molar-refractivity contribution in [1.82, 2.24) is 5.32 Å². The molecule has 1 aromatic heterocycles. The zero-order valence-corrected chi connectivity index (χ0v) is 11.4. The molecule has 2 nitrogen and oxygen atoms in total. The highest BCUT2D eigenvalue weighted by Gasteiger charge is 2.15. The summed E-state index contributed by atoms with van der Waals surface area (Å²) < 4.78 is 5.99. The second kappa shape index (κ2) is 5.61. The van der Waals surface area contributed by atoms with Crippen LogP contribution in [0.1, 0.15) is 24.3 Å². The molecule has 0 aliphatic carbocycles. The number of nitrogens with one attached hydrogen (secondary N) is 1. The molecule has 1 N–H and O–H groups in total. The molecule has 2 aromatic rings. The maximum atomic E-state index is 5.99. The minimum atomic E-state index is 0.307. The Morgan fingerprint density at radius 1 is 1.41 bits per heavy atom. The number of benzene rings is 1. The molecule has 1 aromatic carbocycles. The van der Waals surface area contributed by atoms with Gasteiger partial charge in [-0.25, -0.2) is 0 Å². The van der Waals surface area contributed by atoms with Gasteiger partial charge in [0.15, 0.2) is 0 Å². The Bertz CT molecular complexity index is 486. The van der Waals surface area contributed by atoms with Crippen molar-refractivity contribution in [1.29, 1.82) is 0 Å². The molecule has 1 atom stereocenters. The topological polar surface area (TPSA) is 25.2 Å². The number of fused-ring (bicyclic) bond motifs is 1. The van der Waals surface area contributed by atoms with Gasteiger partial charge in [-0.15, -0.1) is 0 Å². The number of thioether (sulfide) groups is 1. The smallest absolute Gasteiger partial charge is 0.137 e. The van der Waals surface area contributed by atoms with Crippen LogP contribution in [0.3, 0.4) is 0 Å². The van der Waals surface area contributed by atoms with Crippen molar-refractivity contribution in [3.8, 4) is 0 Å². The molecule has 0 spiro atoms. The standard InChI is InChI=1S/C14H19NOS/c1-4-15-12(9-17-3)13-8-11-7-5-6-10(2)14(11)16-13/h5-8,12,15H,4,9H2,1-3H3. The third-order valence-electron chi connectivity index (χ3n) is 2.89. The molecule has 0 radical (unpaired) electrons. The van der Waals surface area contributed by atoms with Crippen molar-refractivity contribution in [2.45, 2.75) is 19.9 Å². The lowest BCUT2D eigenvalue weighted by Gasteiger charge is -2.13. The van der Waals surface area contributed by atoms with Crippen LogP contribution in [-0.4, -0.2) is 18.6 Å². The van der Waals surface area contributed by atoms with Crippen molar-refractivity contribution in [2.75, 3.05) is 18.6 Å². The van der Waals surface area contributed by atoms with Gasteiger partial charge < -0.3 is 9.73 Å². The molecule has 2 rings (SSSR count). The Labute approximate surface area is 107 Å². The Morgan fingerprint density at radius 3 is 2.88 bits per heavy atom. The van der Waals surface area contributed by atoms with Crippen molar-refractivity contribution in [2.24, 2.45) is 0 Å². The SMILES string of the molecule is CCNC(CSC)c1cc2cccc(C)c2o1. The summed E-state index contributed by atoms with van der Waals surface area (Å²) in [6.45, 7) is 5.18. The van der Waals surface area contributed by atoms with Gasteiger partial charge in [0.1, 0.15) is 11.3 Å². The molecule has 0 fully saturated rings. The first-order valence-electron chi connectivity index (χ1n) is 5.97. The van der Waals surface area contributed by atoms with Crippen LogP contribution in [0.25, 0.3) is 11.0 Å². The van der Waals surface area contributed by atoms with E-state index in [-0.39, 0.29) is 0 Å². The van der Waals surface area contributed by atoms with Crippen LogP contribution in [0.5, 0.6) is 0 Å². The number of hydrogen-bond donors (Lipinski definition) is 1. The van der Waals surface area contributed by atoms with Crippen LogP contribution in [0.2, 0.25) is 0 Å². The summed E-state index contributed by atoms with van der Waals surface area (Å²) in [7, 11) is 0. The second-order valence-electron chi connectivity index (χ2n) is 4.21.